The summed E-state index contributed by atoms with van der Waals surface area (Å²) in [5.74, 6) is -2.68. The van der Waals surface area contributed by atoms with Crippen LogP contribution in [-0.4, -0.2) is 18.3 Å². The Balaban J connectivity index is 4.78. The van der Waals surface area contributed by atoms with E-state index in [9.17, 15) is 36.2 Å². The molecule has 0 N–H and O–H groups in total. The predicted octanol–water partition coefficient (Wildman–Crippen LogP) is 1.18. The summed E-state index contributed by atoms with van der Waals surface area (Å²) in [5, 5.41) is 9.80. The van der Waals surface area contributed by atoms with Crippen LogP contribution in [0, 0.1) is 0 Å². The van der Waals surface area contributed by atoms with Gasteiger partial charge in [-0.05, 0) is 0 Å². The van der Waals surface area contributed by atoms with E-state index < -0.39 is 36.4 Å². The molecule has 0 aliphatic carbocycles. The van der Waals surface area contributed by atoms with Gasteiger partial charge in [-0.25, -0.2) is 0 Å². The molecular weight excluding hydrogens is 218 g/mol. The van der Waals surface area contributed by atoms with Crippen LogP contribution in [0.15, 0.2) is 11.6 Å². The average Bonchev–Trinajstić information content (AvgIpc) is 1.79. The summed E-state index contributed by atoms with van der Waals surface area (Å²) in [6, 6.07) is 0. The number of carboxylic acid groups (broad SMARTS) is 1. The van der Waals surface area contributed by atoms with E-state index in [1.54, 1.807) is 0 Å². The fourth-order valence-corrected chi connectivity index (χ4v) is 0.533. The first-order valence-electron chi connectivity index (χ1n) is 3.09. The number of rotatable bonds is 2. The Kier molecular flexibility index (Phi) is 3.55. The summed E-state index contributed by atoms with van der Waals surface area (Å²) in [6.07, 6.45) is -12.7. The van der Waals surface area contributed by atoms with Crippen molar-refractivity contribution in [2.24, 2.45) is 0 Å². The molecule has 82 valence electrons. The molecule has 0 aromatic carbocycles. The van der Waals surface area contributed by atoms with Crippen LogP contribution >= 0.6 is 0 Å². The van der Waals surface area contributed by atoms with E-state index in [-0.39, 0.29) is 0 Å². The van der Waals surface area contributed by atoms with Crippen molar-refractivity contribution in [1.82, 2.24) is 0 Å². The minimum Gasteiger partial charge on any atom is -0.545 e. The minimum absolute atomic E-state index is 0.463. The molecule has 0 unspecified atom stereocenters. The third-order valence-electron chi connectivity index (χ3n) is 1.06. The zero-order valence-corrected chi connectivity index (χ0v) is 6.37. The standard InChI is InChI=1S/C6H4F6O2/c7-5(8,9)2-1-3(4(13)14)6(10,11)12/h1H,2H2,(H,13,14)/p-1. The van der Waals surface area contributed by atoms with E-state index in [2.05, 4.69) is 0 Å². The van der Waals surface area contributed by atoms with Crippen molar-refractivity contribution < 1.29 is 36.2 Å². The van der Waals surface area contributed by atoms with Crippen molar-refractivity contribution in [2.75, 3.05) is 0 Å². The molecule has 0 bridgehead atoms. The lowest BCUT2D eigenvalue weighted by Crippen LogP contribution is -2.32. The van der Waals surface area contributed by atoms with E-state index in [1.807, 2.05) is 0 Å². The molecule has 0 fully saturated rings. The Morgan fingerprint density at radius 1 is 1.14 bits per heavy atom. The summed E-state index contributed by atoms with van der Waals surface area (Å²) in [4.78, 5) is 9.80. The molecular formula is C6H3F6O2-. The summed E-state index contributed by atoms with van der Waals surface area (Å²) < 4.78 is 69.4. The molecule has 0 saturated heterocycles. The number of hydrogen-bond donors (Lipinski definition) is 0. The fraction of sp³-hybridized carbons (Fsp3) is 0.500. The molecule has 0 radical (unpaired) electrons. The van der Waals surface area contributed by atoms with Crippen LogP contribution in [0.5, 0.6) is 0 Å². The lowest BCUT2D eigenvalue weighted by molar-refractivity contribution is -0.303. The van der Waals surface area contributed by atoms with Crippen LogP contribution in [0.25, 0.3) is 0 Å². The fourth-order valence-electron chi connectivity index (χ4n) is 0.533. The number of alkyl halides is 6. The van der Waals surface area contributed by atoms with Crippen molar-refractivity contribution in [3.8, 4) is 0 Å². The van der Waals surface area contributed by atoms with Crippen LogP contribution < -0.4 is 5.11 Å². The molecule has 0 amide bonds. The molecule has 0 saturated carbocycles. The highest BCUT2D eigenvalue weighted by molar-refractivity contribution is 5.86. The second-order valence-electron chi connectivity index (χ2n) is 2.22. The number of carbonyl (C=O) groups is 1. The first kappa shape index (κ1) is 12.8. The van der Waals surface area contributed by atoms with Crippen molar-refractivity contribution in [2.45, 2.75) is 18.8 Å². The summed E-state index contributed by atoms with van der Waals surface area (Å²) in [7, 11) is 0. The lowest BCUT2D eigenvalue weighted by atomic mass is 10.2. The van der Waals surface area contributed by atoms with Gasteiger partial charge < -0.3 is 9.90 Å². The second kappa shape index (κ2) is 3.89. The first-order valence-corrected chi connectivity index (χ1v) is 3.09. The Morgan fingerprint density at radius 3 is 1.79 bits per heavy atom. The van der Waals surface area contributed by atoms with Crippen LogP contribution in [0.2, 0.25) is 0 Å². The third-order valence-corrected chi connectivity index (χ3v) is 1.06. The molecule has 14 heavy (non-hydrogen) atoms. The monoisotopic (exact) mass is 221 g/mol. The molecule has 0 aliphatic rings. The van der Waals surface area contributed by atoms with Crippen molar-refractivity contribution in [3.63, 3.8) is 0 Å². The van der Waals surface area contributed by atoms with Gasteiger partial charge in [0.15, 0.2) is 0 Å². The molecule has 8 heteroatoms. The van der Waals surface area contributed by atoms with Crippen molar-refractivity contribution >= 4 is 5.97 Å². The molecule has 0 aromatic heterocycles. The number of aliphatic carboxylic acids is 1. The second-order valence-corrected chi connectivity index (χ2v) is 2.22. The van der Waals surface area contributed by atoms with Gasteiger partial charge in [-0.3, -0.25) is 0 Å². The van der Waals surface area contributed by atoms with Gasteiger partial charge in [0.1, 0.15) is 0 Å². The zero-order valence-electron chi connectivity index (χ0n) is 6.37. The Labute approximate surface area is 73.8 Å². The Bertz CT molecular complexity index is 248. The van der Waals surface area contributed by atoms with Gasteiger partial charge >= 0.3 is 12.4 Å². The molecule has 0 heterocycles. The summed E-state index contributed by atoms with van der Waals surface area (Å²) >= 11 is 0. The topological polar surface area (TPSA) is 40.1 Å². The Hall–Kier alpha value is -1.21. The predicted molar refractivity (Wildman–Crippen MR) is 29.8 cm³/mol. The van der Waals surface area contributed by atoms with E-state index >= 15 is 0 Å². The zero-order chi connectivity index (χ0) is 11.6. The average molecular weight is 221 g/mol. The molecule has 0 atom stereocenters. The smallest absolute Gasteiger partial charge is 0.417 e. The highest BCUT2D eigenvalue weighted by atomic mass is 19.4. The number of halogens is 6. The van der Waals surface area contributed by atoms with E-state index in [0.29, 0.717) is 0 Å². The van der Waals surface area contributed by atoms with Gasteiger partial charge in [0.25, 0.3) is 0 Å². The molecule has 2 nitrogen and oxygen atoms in total. The van der Waals surface area contributed by atoms with Crippen molar-refractivity contribution in [3.05, 3.63) is 11.6 Å². The largest absolute Gasteiger partial charge is 0.545 e. The highest BCUT2D eigenvalue weighted by Crippen LogP contribution is 2.28. The normalized spacial score (nSPS) is 14.3. The maximum absolute atomic E-state index is 11.7. The molecule has 0 rings (SSSR count). The van der Waals surface area contributed by atoms with Gasteiger partial charge in [-0.15, -0.1) is 0 Å². The van der Waals surface area contributed by atoms with Gasteiger partial charge in [-0.1, -0.05) is 6.08 Å². The maximum Gasteiger partial charge on any atom is 0.417 e. The number of allylic oxidation sites excluding steroid dienone is 1. The quantitative estimate of drug-likeness (QED) is 0.518. The summed E-state index contributed by atoms with van der Waals surface area (Å²) in [5.41, 5.74) is -2.32. The number of carboxylic acids is 1. The van der Waals surface area contributed by atoms with Crippen LogP contribution in [0.4, 0.5) is 26.3 Å². The van der Waals surface area contributed by atoms with Gasteiger partial charge in [0, 0.05) is 0 Å². The number of hydrogen-bond acceptors (Lipinski definition) is 2. The van der Waals surface area contributed by atoms with Gasteiger partial charge in [-0.2, -0.15) is 26.3 Å². The van der Waals surface area contributed by atoms with Crippen molar-refractivity contribution in [1.29, 1.82) is 0 Å². The maximum atomic E-state index is 11.7. The lowest BCUT2D eigenvalue weighted by Gasteiger charge is -2.12. The number of carbonyl (C=O) groups excluding carboxylic acids is 1. The van der Waals surface area contributed by atoms with E-state index in [4.69, 9.17) is 0 Å². The van der Waals surface area contributed by atoms with Gasteiger partial charge in [0.2, 0.25) is 0 Å². The summed E-state index contributed by atoms with van der Waals surface area (Å²) in [6.45, 7) is 0. The van der Waals surface area contributed by atoms with Crippen LogP contribution in [0.1, 0.15) is 6.42 Å². The van der Waals surface area contributed by atoms with Crippen LogP contribution in [-0.2, 0) is 4.79 Å². The third kappa shape index (κ3) is 4.73. The first-order chi connectivity index (χ1) is 6.04. The SMILES string of the molecule is O=C([O-])C(=CCC(F)(F)F)C(F)(F)F. The molecule has 0 aliphatic heterocycles. The van der Waals surface area contributed by atoms with E-state index in [1.165, 1.54) is 0 Å². The highest BCUT2D eigenvalue weighted by Gasteiger charge is 2.36. The van der Waals surface area contributed by atoms with Gasteiger partial charge in [0.05, 0.1) is 18.0 Å². The van der Waals surface area contributed by atoms with E-state index in [0.717, 1.165) is 0 Å². The van der Waals surface area contributed by atoms with Crippen LogP contribution in [0.3, 0.4) is 0 Å². The molecule has 0 spiro atoms. The molecule has 0 aromatic rings. The Morgan fingerprint density at radius 2 is 1.57 bits per heavy atom. The minimum atomic E-state index is -5.34.